The van der Waals surface area contributed by atoms with Crippen LogP contribution in [0.25, 0.3) is 0 Å². The summed E-state index contributed by atoms with van der Waals surface area (Å²) >= 11 is 0. The van der Waals surface area contributed by atoms with E-state index in [9.17, 15) is 0 Å². The minimum Gasteiger partial charge on any atom is -0.394 e. The molecule has 0 aliphatic carbocycles. The normalized spacial score (nSPS) is 12.4. The number of hydrogen-bond acceptors (Lipinski definition) is 2. The first-order chi connectivity index (χ1) is 3.31. The quantitative estimate of drug-likeness (QED) is 0.706. The third-order valence-corrected chi connectivity index (χ3v) is 0.708. The summed E-state index contributed by atoms with van der Waals surface area (Å²) in [6, 6.07) is 0. The smallest absolute Gasteiger partial charge is 0.0777 e. The fourth-order valence-corrected chi connectivity index (χ4v) is 0.337. The van der Waals surface area contributed by atoms with Crippen molar-refractivity contribution in [2.45, 2.75) is 20.0 Å². The van der Waals surface area contributed by atoms with Crippen molar-refractivity contribution >= 4 is 0 Å². The minimum absolute atomic E-state index is 0. The molecule has 0 aromatic heterocycles. The standard InChI is InChI=1S/C5H12O2.Zr/c1-3-7-5(2)4-6;/h5-6H,3-4H2,1-2H3;. The van der Waals surface area contributed by atoms with Crippen LogP contribution < -0.4 is 0 Å². The van der Waals surface area contributed by atoms with Crippen molar-refractivity contribution in [2.75, 3.05) is 13.2 Å². The van der Waals surface area contributed by atoms with Gasteiger partial charge >= 0.3 is 0 Å². The molecule has 0 aromatic rings. The van der Waals surface area contributed by atoms with E-state index in [1.54, 1.807) is 0 Å². The molecule has 0 amide bonds. The fraction of sp³-hybridized carbons (Fsp3) is 1.00. The van der Waals surface area contributed by atoms with Gasteiger partial charge in [-0.3, -0.25) is 0 Å². The second-order valence-electron chi connectivity index (χ2n) is 1.45. The molecule has 1 atom stereocenters. The number of ether oxygens (including phenoxy) is 1. The van der Waals surface area contributed by atoms with Gasteiger partial charge in [-0.1, -0.05) is 0 Å². The summed E-state index contributed by atoms with van der Waals surface area (Å²) in [5.41, 5.74) is 0. The van der Waals surface area contributed by atoms with E-state index in [1.807, 2.05) is 13.8 Å². The first kappa shape index (κ1) is 11.6. The number of aliphatic hydroxyl groups is 1. The van der Waals surface area contributed by atoms with E-state index < -0.39 is 0 Å². The third kappa shape index (κ3) is 6.80. The molecule has 0 saturated heterocycles. The number of hydrogen-bond donors (Lipinski definition) is 1. The first-order valence-electron chi connectivity index (χ1n) is 2.53. The van der Waals surface area contributed by atoms with Gasteiger partial charge in [0, 0.05) is 32.8 Å². The summed E-state index contributed by atoms with van der Waals surface area (Å²) in [6.45, 7) is 4.55. The predicted molar refractivity (Wildman–Crippen MR) is 28.2 cm³/mol. The van der Waals surface area contributed by atoms with Gasteiger partial charge in [-0.25, -0.2) is 0 Å². The summed E-state index contributed by atoms with van der Waals surface area (Å²) in [5, 5.41) is 8.34. The molecule has 1 N–H and O–H groups in total. The van der Waals surface area contributed by atoms with Gasteiger partial charge in [-0.2, -0.15) is 0 Å². The molecule has 0 heterocycles. The summed E-state index contributed by atoms with van der Waals surface area (Å²) in [5.74, 6) is 0. The van der Waals surface area contributed by atoms with Crippen LogP contribution in [-0.2, 0) is 30.9 Å². The molecule has 2 nitrogen and oxygen atoms in total. The van der Waals surface area contributed by atoms with Crippen molar-refractivity contribution in [3.63, 3.8) is 0 Å². The van der Waals surface area contributed by atoms with Crippen LogP contribution in [0.4, 0.5) is 0 Å². The van der Waals surface area contributed by atoms with Crippen molar-refractivity contribution in [2.24, 2.45) is 0 Å². The van der Waals surface area contributed by atoms with Crippen LogP contribution in [0, 0.1) is 0 Å². The van der Waals surface area contributed by atoms with Crippen LogP contribution >= 0.6 is 0 Å². The Labute approximate surface area is 69.4 Å². The zero-order valence-electron chi connectivity index (χ0n) is 5.35. The molecular formula is C5H12O2Zr. The van der Waals surface area contributed by atoms with Crippen molar-refractivity contribution in [3.8, 4) is 0 Å². The van der Waals surface area contributed by atoms with Gasteiger partial charge in [0.25, 0.3) is 0 Å². The number of rotatable bonds is 3. The fourth-order valence-electron chi connectivity index (χ4n) is 0.337. The van der Waals surface area contributed by atoms with Gasteiger partial charge in [0.05, 0.1) is 12.7 Å². The Balaban J connectivity index is 0. The molecule has 8 heavy (non-hydrogen) atoms. The Bertz CT molecular complexity index is 41.4. The maximum Gasteiger partial charge on any atom is 0.0777 e. The van der Waals surface area contributed by atoms with E-state index in [0.717, 1.165) is 0 Å². The maximum atomic E-state index is 8.34. The molecule has 0 saturated carbocycles. The molecule has 3 heteroatoms. The first-order valence-corrected chi connectivity index (χ1v) is 2.53. The summed E-state index contributed by atoms with van der Waals surface area (Å²) in [6.07, 6.45) is 0.00463. The monoisotopic (exact) mass is 194 g/mol. The topological polar surface area (TPSA) is 29.5 Å². The average molecular weight is 195 g/mol. The van der Waals surface area contributed by atoms with Crippen LogP contribution in [0.2, 0.25) is 0 Å². The Morgan fingerprint density at radius 3 is 2.25 bits per heavy atom. The van der Waals surface area contributed by atoms with Gasteiger partial charge in [-0.15, -0.1) is 0 Å². The van der Waals surface area contributed by atoms with Crippen molar-refractivity contribution in [3.05, 3.63) is 0 Å². The van der Waals surface area contributed by atoms with E-state index in [-0.39, 0.29) is 38.9 Å². The maximum absolute atomic E-state index is 8.34. The van der Waals surface area contributed by atoms with Crippen LogP contribution in [0.1, 0.15) is 13.8 Å². The zero-order chi connectivity index (χ0) is 5.70. The van der Waals surface area contributed by atoms with Crippen LogP contribution in [0.15, 0.2) is 0 Å². The average Bonchev–Trinajstić information content (AvgIpc) is 1.68. The summed E-state index contributed by atoms with van der Waals surface area (Å²) in [4.78, 5) is 0. The molecule has 0 aliphatic heterocycles. The molecule has 0 spiro atoms. The van der Waals surface area contributed by atoms with E-state index in [0.29, 0.717) is 6.61 Å². The van der Waals surface area contributed by atoms with E-state index in [1.165, 1.54) is 0 Å². The molecule has 0 aliphatic rings. The molecule has 0 aromatic carbocycles. The van der Waals surface area contributed by atoms with Gasteiger partial charge in [0.15, 0.2) is 0 Å². The third-order valence-electron chi connectivity index (χ3n) is 0.708. The molecular weight excluding hydrogens is 183 g/mol. The van der Waals surface area contributed by atoms with Gasteiger partial charge in [0.1, 0.15) is 0 Å². The second-order valence-corrected chi connectivity index (χ2v) is 1.45. The summed E-state index contributed by atoms with van der Waals surface area (Å²) in [7, 11) is 0. The van der Waals surface area contributed by atoms with Crippen molar-refractivity contribution < 1.29 is 36.0 Å². The van der Waals surface area contributed by atoms with Gasteiger partial charge in [0.2, 0.25) is 0 Å². The largest absolute Gasteiger partial charge is 0.394 e. The van der Waals surface area contributed by atoms with Crippen LogP contribution in [-0.4, -0.2) is 24.4 Å². The minimum atomic E-state index is 0. The second kappa shape index (κ2) is 7.80. The molecule has 0 bridgehead atoms. The molecule has 48 valence electrons. The van der Waals surface area contributed by atoms with Crippen LogP contribution in [0.3, 0.4) is 0 Å². The Morgan fingerprint density at radius 1 is 1.62 bits per heavy atom. The molecule has 1 unspecified atom stereocenters. The van der Waals surface area contributed by atoms with Crippen molar-refractivity contribution in [1.82, 2.24) is 0 Å². The number of aliphatic hydroxyl groups excluding tert-OH is 1. The Morgan fingerprint density at radius 2 is 2.12 bits per heavy atom. The van der Waals surface area contributed by atoms with Gasteiger partial charge < -0.3 is 9.84 Å². The molecule has 0 fully saturated rings. The molecule has 0 radical (unpaired) electrons. The Hall–Kier alpha value is 0.803. The predicted octanol–water partition coefficient (Wildman–Crippen LogP) is 0.401. The SMILES string of the molecule is CCOC(C)CO.[Zr]. The van der Waals surface area contributed by atoms with E-state index >= 15 is 0 Å². The van der Waals surface area contributed by atoms with Gasteiger partial charge in [-0.05, 0) is 13.8 Å². The van der Waals surface area contributed by atoms with Crippen molar-refractivity contribution in [1.29, 1.82) is 0 Å². The van der Waals surface area contributed by atoms with Crippen LogP contribution in [0.5, 0.6) is 0 Å². The molecule has 0 rings (SSSR count). The Kier molecular flexibility index (Phi) is 11.3. The van der Waals surface area contributed by atoms with E-state index in [2.05, 4.69) is 0 Å². The zero-order valence-corrected chi connectivity index (χ0v) is 7.81. The van der Waals surface area contributed by atoms with E-state index in [4.69, 9.17) is 9.84 Å². The summed E-state index contributed by atoms with van der Waals surface area (Å²) < 4.78 is 4.94.